The summed E-state index contributed by atoms with van der Waals surface area (Å²) in [5.74, 6) is -0.482. The van der Waals surface area contributed by atoms with Crippen LogP contribution in [0.5, 0.6) is 0 Å². The van der Waals surface area contributed by atoms with Gasteiger partial charge in [0, 0.05) is 16.8 Å². The van der Waals surface area contributed by atoms with Crippen LogP contribution >= 0.6 is 11.6 Å². The second-order valence-electron chi connectivity index (χ2n) is 6.20. The quantitative estimate of drug-likeness (QED) is 0.862. The maximum absolute atomic E-state index is 12.4. The lowest BCUT2D eigenvalue weighted by Crippen LogP contribution is -2.57. The van der Waals surface area contributed by atoms with Crippen molar-refractivity contribution in [1.29, 1.82) is 0 Å². The number of rotatable bonds is 3. The fourth-order valence-electron chi connectivity index (χ4n) is 3.34. The summed E-state index contributed by atoms with van der Waals surface area (Å²) in [4.78, 5) is 26.6. The first-order valence-corrected chi connectivity index (χ1v) is 8.41. The number of piperidine rings is 1. The lowest BCUT2D eigenvalue weighted by Gasteiger charge is -2.43. The number of ether oxygens (including phenoxy) is 1. The first-order valence-electron chi connectivity index (χ1n) is 8.03. The molecule has 5 nitrogen and oxygen atoms in total. The van der Waals surface area contributed by atoms with Gasteiger partial charge in [0.15, 0.2) is 0 Å². The Labute approximate surface area is 140 Å². The molecule has 0 aliphatic carbocycles. The van der Waals surface area contributed by atoms with Crippen LogP contribution in [-0.4, -0.2) is 42.0 Å². The summed E-state index contributed by atoms with van der Waals surface area (Å²) < 4.78 is 5.27. The molecular weight excluding hydrogens is 316 g/mol. The number of hydrogen-bond acceptors (Lipinski definition) is 4. The van der Waals surface area contributed by atoms with Crippen LogP contribution in [0.15, 0.2) is 18.2 Å². The van der Waals surface area contributed by atoms with Crippen LogP contribution in [0.3, 0.4) is 0 Å². The molecule has 0 saturated carbocycles. The highest BCUT2D eigenvalue weighted by Crippen LogP contribution is 2.27. The number of benzene rings is 1. The van der Waals surface area contributed by atoms with Gasteiger partial charge in [-0.05, 0) is 44.0 Å². The predicted molar refractivity (Wildman–Crippen MR) is 88.5 cm³/mol. The van der Waals surface area contributed by atoms with E-state index >= 15 is 0 Å². The molecule has 0 aromatic heterocycles. The molecule has 2 saturated heterocycles. The normalized spacial score (nSPS) is 24.7. The maximum Gasteiger partial charge on any atom is 0.323 e. The molecule has 0 unspecified atom stereocenters. The van der Waals surface area contributed by atoms with E-state index < -0.39 is 6.04 Å². The van der Waals surface area contributed by atoms with Gasteiger partial charge in [-0.2, -0.15) is 0 Å². The van der Waals surface area contributed by atoms with Gasteiger partial charge < -0.3 is 10.1 Å². The Morgan fingerprint density at radius 3 is 3.09 bits per heavy atom. The van der Waals surface area contributed by atoms with Crippen LogP contribution in [-0.2, 0) is 14.3 Å². The van der Waals surface area contributed by atoms with Crippen LogP contribution in [0.1, 0.15) is 31.2 Å². The first kappa shape index (κ1) is 16.3. The molecule has 3 rings (SSSR count). The Hall–Kier alpha value is -1.59. The zero-order valence-corrected chi connectivity index (χ0v) is 13.9. The number of anilines is 1. The number of nitrogens with zero attached hydrogens (tertiary/aromatic N) is 1. The van der Waals surface area contributed by atoms with Gasteiger partial charge in [0.05, 0.1) is 6.42 Å². The van der Waals surface area contributed by atoms with E-state index in [0.717, 1.165) is 31.4 Å². The van der Waals surface area contributed by atoms with Crippen molar-refractivity contribution in [3.8, 4) is 0 Å². The minimum Gasteiger partial charge on any atom is -0.463 e. The highest BCUT2D eigenvalue weighted by Gasteiger charge is 2.40. The van der Waals surface area contributed by atoms with E-state index in [9.17, 15) is 9.59 Å². The second kappa shape index (κ2) is 6.89. The lowest BCUT2D eigenvalue weighted by molar-refractivity contribution is -0.165. The van der Waals surface area contributed by atoms with Gasteiger partial charge in [-0.15, -0.1) is 0 Å². The number of esters is 1. The minimum absolute atomic E-state index is 0.112. The third-order valence-corrected chi connectivity index (χ3v) is 5.09. The highest BCUT2D eigenvalue weighted by atomic mass is 35.5. The largest absolute Gasteiger partial charge is 0.463 e. The molecule has 0 spiro atoms. The van der Waals surface area contributed by atoms with E-state index in [-0.39, 0.29) is 24.3 Å². The maximum atomic E-state index is 12.4. The van der Waals surface area contributed by atoms with E-state index in [1.807, 2.05) is 13.0 Å². The molecule has 0 radical (unpaired) electrons. The van der Waals surface area contributed by atoms with Gasteiger partial charge in [-0.1, -0.05) is 24.1 Å². The first-order chi connectivity index (χ1) is 11.1. The number of amides is 1. The van der Waals surface area contributed by atoms with E-state index in [4.69, 9.17) is 16.3 Å². The number of halogens is 1. The van der Waals surface area contributed by atoms with Gasteiger partial charge >= 0.3 is 5.97 Å². The third kappa shape index (κ3) is 3.51. The van der Waals surface area contributed by atoms with Crippen molar-refractivity contribution in [3.63, 3.8) is 0 Å². The fraction of sp³-hybridized carbons (Fsp3) is 0.529. The second-order valence-corrected chi connectivity index (χ2v) is 6.61. The summed E-state index contributed by atoms with van der Waals surface area (Å²) in [5.41, 5.74) is 1.51. The number of fused-ring (bicyclic) bond motifs is 1. The number of carbonyl (C=O) groups is 2. The molecule has 1 aromatic carbocycles. The smallest absolute Gasteiger partial charge is 0.323 e. The van der Waals surface area contributed by atoms with Crippen LogP contribution < -0.4 is 5.32 Å². The summed E-state index contributed by atoms with van der Waals surface area (Å²) in [5, 5.41) is 3.46. The van der Waals surface area contributed by atoms with Crippen molar-refractivity contribution in [1.82, 2.24) is 4.90 Å². The number of carbonyl (C=O) groups excluding carboxylic acids is 2. The standard InChI is InChI=1S/C17H21ClN2O3/c1-11-13(18)6-4-7-14(11)19-16(21)9-15-17(22)23-10-12-5-2-3-8-20(12)15/h4,6-7,12,15H,2-3,5,8-10H2,1H3,(H,19,21)/t12-,15-/m1/s1. The Morgan fingerprint density at radius 1 is 1.43 bits per heavy atom. The third-order valence-electron chi connectivity index (χ3n) is 4.68. The SMILES string of the molecule is Cc1c(Cl)cccc1NC(=O)C[C@@H]1C(=O)OC[C@H]2CCCCN21. The molecule has 1 aromatic rings. The molecular formula is C17H21ClN2O3. The number of cyclic esters (lactones) is 1. The Bertz CT molecular complexity index is 620. The molecule has 1 amide bonds. The van der Waals surface area contributed by atoms with Crippen LogP contribution in [0.25, 0.3) is 0 Å². The van der Waals surface area contributed by atoms with Gasteiger partial charge in [-0.3, -0.25) is 14.5 Å². The molecule has 0 bridgehead atoms. The van der Waals surface area contributed by atoms with E-state index in [1.165, 1.54) is 0 Å². The van der Waals surface area contributed by atoms with Crippen molar-refractivity contribution >= 4 is 29.2 Å². The predicted octanol–water partition coefficient (Wildman–Crippen LogP) is 2.76. The molecule has 2 aliphatic heterocycles. The monoisotopic (exact) mass is 336 g/mol. The Morgan fingerprint density at radius 2 is 2.26 bits per heavy atom. The van der Waals surface area contributed by atoms with Crippen molar-refractivity contribution in [3.05, 3.63) is 28.8 Å². The van der Waals surface area contributed by atoms with E-state index in [2.05, 4.69) is 10.2 Å². The van der Waals surface area contributed by atoms with Gasteiger partial charge in [0.1, 0.15) is 12.6 Å². The average Bonchev–Trinajstić information content (AvgIpc) is 2.54. The molecule has 2 heterocycles. The van der Waals surface area contributed by atoms with Crippen molar-refractivity contribution in [2.75, 3.05) is 18.5 Å². The molecule has 2 fully saturated rings. The zero-order valence-electron chi connectivity index (χ0n) is 13.2. The average molecular weight is 337 g/mol. The van der Waals surface area contributed by atoms with Crippen LogP contribution in [0.2, 0.25) is 5.02 Å². The van der Waals surface area contributed by atoms with Crippen LogP contribution in [0.4, 0.5) is 5.69 Å². The molecule has 2 aliphatic rings. The minimum atomic E-state index is -0.478. The molecule has 23 heavy (non-hydrogen) atoms. The molecule has 1 N–H and O–H groups in total. The highest BCUT2D eigenvalue weighted by molar-refractivity contribution is 6.31. The molecule has 124 valence electrons. The Kier molecular flexibility index (Phi) is 4.87. The van der Waals surface area contributed by atoms with Crippen molar-refractivity contribution in [2.45, 2.75) is 44.7 Å². The topological polar surface area (TPSA) is 58.6 Å². The van der Waals surface area contributed by atoms with Gasteiger partial charge in [0.2, 0.25) is 5.91 Å². The summed E-state index contributed by atoms with van der Waals surface area (Å²) in [6, 6.07) is 5.16. The lowest BCUT2D eigenvalue weighted by atomic mass is 9.97. The summed E-state index contributed by atoms with van der Waals surface area (Å²) in [6.07, 6.45) is 3.36. The van der Waals surface area contributed by atoms with Gasteiger partial charge in [0.25, 0.3) is 0 Å². The van der Waals surface area contributed by atoms with Crippen molar-refractivity contribution in [2.24, 2.45) is 0 Å². The fourth-order valence-corrected chi connectivity index (χ4v) is 3.52. The molecule has 6 heteroatoms. The van der Waals surface area contributed by atoms with Gasteiger partial charge in [-0.25, -0.2) is 0 Å². The summed E-state index contributed by atoms with van der Waals surface area (Å²) >= 11 is 6.07. The Balaban J connectivity index is 1.68. The number of nitrogens with one attached hydrogen (secondary N) is 1. The number of hydrogen-bond donors (Lipinski definition) is 1. The van der Waals surface area contributed by atoms with E-state index in [0.29, 0.717) is 17.3 Å². The number of morpholine rings is 1. The van der Waals surface area contributed by atoms with Crippen LogP contribution in [0, 0.1) is 6.92 Å². The van der Waals surface area contributed by atoms with E-state index in [1.54, 1.807) is 12.1 Å². The van der Waals surface area contributed by atoms with Crippen molar-refractivity contribution < 1.29 is 14.3 Å². The zero-order chi connectivity index (χ0) is 16.4. The summed E-state index contributed by atoms with van der Waals surface area (Å²) in [7, 11) is 0. The molecule has 2 atom stereocenters. The summed E-state index contributed by atoms with van der Waals surface area (Å²) in [6.45, 7) is 3.16.